The van der Waals surface area contributed by atoms with Gasteiger partial charge in [0.25, 0.3) is 0 Å². The van der Waals surface area contributed by atoms with Crippen LogP contribution in [0.3, 0.4) is 0 Å². The Morgan fingerprint density at radius 2 is 0.445 bits per heavy atom. The molecule has 0 saturated carbocycles. The molecule has 21 rings (SSSR count). The molecule has 1 radical (unpaired) electrons. The summed E-state index contributed by atoms with van der Waals surface area (Å²) >= 11 is 0. The molecule has 0 N–H and O–H groups in total. The van der Waals surface area contributed by atoms with Crippen molar-refractivity contribution in [3.8, 4) is 212 Å². The Kier molecular flexibility index (Phi) is 25.5. The minimum atomic E-state index is 0. The molecule has 16 aromatic carbocycles. The first kappa shape index (κ1) is 83.4. The molecule has 0 aliphatic carbocycles. The summed E-state index contributed by atoms with van der Waals surface area (Å²) in [6.45, 7) is 0. The van der Waals surface area contributed by atoms with Gasteiger partial charge in [0.15, 0.2) is 0 Å². The minimum absolute atomic E-state index is 0. The third kappa shape index (κ3) is 18.5. The second kappa shape index (κ2) is 39.1. The molecule has 5 heterocycles. The van der Waals surface area contributed by atoms with Crippen LogP contribution in [0.5, 0.6) is 0 Å². The van der Waals surface area contributed by atoms with Gasteiger partial charge in [-0.3, -0.25) is 12.1 Å². The fourth-order valence-corrected chi connectivity index (χ4v) is 16.4. The van der Waals surface area contributed by atoms with Gasteiger partial charge in [-0.1, -0.05) is 303 Å². The minimum Gasteiger partial charge on any atom is -0.333 e. The zero-order valence-corrected chi connectivity index (χ0v) is 73.9. The molecule has 21 aromatic rings. The summed E-state index contributed by atoms with van der Waals surface area (Å²) in [5.41, 5.74) is 38.7. The summed E-state index contributed by atoms with van der Waals surface area (Å²) < 4.78 is 0. The number of benzene rings is 16. The largest absolute Gasteiger partial charge is 3.00 e. The van der Waals surface area contributed by atoms with E-state index in [9.17, 15) is 0 Å². The Hall–Kier alpha value is -15.5. The first-order chi connectivity index (χ1) is 62.4. The number of hydrogen-bond donors (Lipinski definition) is 0. The molecule has 0 aliphatic heterocycles. The van der Waals surface area contributed by atoms with E-state index in [2.05, 4.69) is 392 Å². The van der Waals surface area contributed by atoms with Crippen LogP contribution in [-0.4, -0.2) is 29.9 Å². The van der Waals surface area contributed by atoms with E-state index in [0.29, 0.717) is 11.4 Å². The van der Waals surface area contributed by atoms with Gasteiger partial charge in [-0.05, 0) is 158 Å². The van der Waals surface area contributed by atoms with Gasteiger partial charge in [-0.2, -0.15) is 12.1 Å². The average Bonchev–Trinajstić information content (AvgIpc) is 0.757. The Morgan fingerprint density at radius 1 is 0.172 bits per heavy atom. The van der Waals surface area contributed by atoms with Crippen LogP contribution in [0, 0.1) is 42.5 Å². The Bertz CT molecular complexity index is 7010. The fraction of sp³-hybridized carbons (Fsp3) is 0. The van der Waals surface area contributed by atoms with Crippen molar-refractivity contribution < 1.29 is 40.2 Å². The smallest absolute Gasteiger partial charge is 0.333 e. The van der Waals surface area contributed by atoms with Crippen molar-refractivity contribution >= 4 is 0 Å². The molecule has 0 bridgehead atoms. The molecule has 0 fully saturated rings. The second-order valence-electron chi connectivity index (χ2n) is 30.7. The summed E-state index contributed by atoms with van der Waals surface area (Å²) in [7, 11) is 0. The quantitative estimate of drug-likeness (QED) is 0.0751. The van der Waals surface area contributed by atoms with E-state index in [1.54, 1.807) is 18.5 Å². The molecule has 0 spiro atoms. The van der Waals surface area contributed by atoms with Crippen molar-refractivity contribution in [3.63, 3.8) is 0 Å². The molecule has 128 heavy (non-hydrogen) atoms. The molecule has 0 saturated heterocycles. The van der Waals surface area contributed by atoms with E-state index in [1.807, 2.05) is 97.6 Å². The van der Waals surface area contributed by atoms with Crippen LogP contribution in [0.4, 0.5) is 0 Å². The second-order valence-corrected chi connectivity index (χ2v) is 30.7. The maximum absolute atomic E-state index is 5.03. The van der Waals surface area contributed by atoms with Crippen molar-refractivity contribution in [2.45, 2.75) is 0 Å². The van der Waals surface area contributed by atoms with Crippen molar-refractivity contribution in [2.24, 2.45) is 0 Å². The molecule has 607 valence electrons. The fourth-order valence-electron chi connectivity index (χ4n) is 16.4. The normalized spacial score (nSPS) is 10.8. The van der Waals surface area contributed by atoms with Gasteiger partial charge >= 0.3 is 20.1 Å². The number of pyridine rings is 4. The SMILES string of the molecule is [Ir+3].[Ir].[c-]1cc(-c2[c-]cccc2-c2cc(-c3ccccc3-c3ccc(-c4[c-]ccc(-c5ccccc5)c4)nc3)cc(-c3ccccc3-c3ccc(-c4[c-]ccc(-c5ccccc5)c4)nc3)c2)c[c-]c1-c1ncccn1.[c-]1ccc(-c2ccccc2)cc1-c1ccc(-c2ccccc2-c2cccc(-c3ccccc3-c3ccc(-c4[c-]ccc(-c5ccccc5)c4)nc3)c2)cn1. The van der Waals surface area contributed by atoms with E-state index < -0.39 is 0 Å². The van der Waals surface area contributed by atoms with Crippen molar-refractivity contribution in [3.05, 3.63) is 498 Å². The van der Waals surface area contributed by atoms with Crippen molar-refractivity contribution in [1.82, 2.24) is 29.9 Å². The maximum atomic E-state index is 5.03. The molecule has 5 aromatic heterocycles. The molecule has 0 amide bonds. The van der Waals surface area contributed by atoms with Gasteiger partial charge in [0.1, 0.15) is 0 Å². The van der Waals surface area contributed by atoms with Crippen LogP contribution < -0.4 is 0 Å². The first-order valence-electron chi connectivity index (χ1n) is 42.0. The van der Waals surface area contributed by atoms with Gasteiger partial charge < -0.3 is 29.9 Å². The van der Waals surface area contributed by atoms with E-state index in [1.165, 1.54) is 11.1 Å². The molecular formula is C120H75Ir2N6-4. The Morgan fingerprint density at radius 3 is 0.758 bits per heavy atom. The summed E-state index contributed by atoms with van der Waals surface area (Å²) in [5, 5.41) is 0. The summed E-state index contributed by atoms with van der Waals surface area (Å²) in [5.74, 6) is 0.580. The van der Waals surface area contributed by atoms with E-state index in [4.69, 9.17) is 19.9 Å². The molecule has 6 nitrogen and oxygen atoms in total. The van der Waals surface area contributed by atoms with Gasteiger partial charge in [0.2, 0.25) is 0 Å². The topological polar surface area (TPSA) is 77.3 Å². The maximum Gasteiger partial charge on any atom is 3.00 e. The standard InChI is InChI=1S/C68H41N4.C52H34N2.2Ir/c1-3-16-47(17-4-1)51-20-13-22-53(40-51)66-36-34-55(45-71-66)61-25-8-11-28-64(61)58-42-57(63-27-10-7-24-60(63)49-30-32-50(33-31-49)68-69-38-15-39-70-68)43-59(44-58)65-29-12-9-26-62(65)56-35-37-67(72-46-56)54-23-14-21-52(41-54)48-18-5-2-6-19-48;1-3-14-37(15-4-1)39-18-11-22-43(32-39)51-30-28-45(35-53-51)49-26-9-7-24-47(49)41-20-13-21-42(34-41)48-25-8-10-27-50(48)46-29-31-52(54-36-46)44-23-12-19-40(33-44)38-16-5-2-6-17-38;;/h1-21,25-31,34-46H;1-21,24-36H;;/q-5;-2;;+3. The van der Waals surface area contributed by atoms with Crippen molar-refractivity contribution in [2.75, 3.05) is 0 Å². The predicted molar refractivity (Wildman–Crippen MR) is 515 cm³/mol. The number of aromatic nitrogens is 6. The van der Waals surface area contributed by atoms with Gasteiger partial charge in [-0.25, -0.2) is 5.56 Å². The third-order valence-corrected chi connectivity index (χ3v) is 22.8. The zero-order valence-electron chi connectivity index (χ0n) is 69.2. The number of hydrogen-bond acceptors (Lipinski definition) is 6. The van der Waals surface area contributed by atoms with Crippen LogP contribution in [-0.2, 0) is 40.2 Å². The van der Waals surface area contributed by atoms with Gasteiger partial charge in [0.05, 0.1) is 0 Å². The average molecular weight is 1990 g/mol. The van der Waals surface area contributed by atoms with E-state index >= 15 is 0 Å². The predicted octanol–water partition coefficient (Wildman–Crippen LogP) is 30.0. The number of rotatable bonds is 19. The summed E-state index contributed by atoms with van der Waals surface area (Å²) in [6.07, 6.45) is 11.4. The summed E-state index contributed by atoms with van der Waals surface area (Å²) in [4.78, 5) is 28.7. The van der Waals surface area contributed by atoms with E-state index in [0.717, 1.165) is 190 Å². The van der Waals surface area contributed by atoms with Crippen molar-refractivity contribution in [1.29, 1.82) is 0 Å². The summed E-state index contributed by atoms with van der Waals surface area (Å²) in [6, 6.07) is 169. The third-order valence-electron chi connectivity index (χ3n) is 22.8. The van der Waals surface area contributed by atoms with Gasteiger partial charge in [0, 0.05) is 57.3 Å². The first-order valence-corrected chi connectivity index (χ1v) is 42.0. The van der Waals surface area contributed by atoms with Crippen LogP contribution in [0.1, 0.15) is 0 Å². The van der Waals surface area contributed by atoms with E-state index in [-0.39, 0.29) is 40.2 Å². The molecule has 0 atom stereocenters. The molecular weight excluding hydrogens is 1910 g/mol. The van der Waals surface area contributed by atoms with Gasteiger partial charge in [-0.15, -0.1) is 183 Å². The molecule has 8 heteroatoms. The van der Waals surface area contributed by atoms with Crippen LogP contribution in [0.2, 0.25) is 0 Å². The Balaban J connectivity index is 0.000000177. The number of nitrogens with zero attached hydrogens (tertiary/aromatic N) is 6. The monoisotopic (exact) mass is 1990 g/mol. The van der Waals surface area contributed by atoms with Crippen LogP contribution in [0.15, 0.2) is 456 Å². The zero-order chi connectivity index (χ0) is 84.2. The molecule has 0 aliphatic rings. The van der Waals surface area contributed by atoms with Crippen LogP contribution in [0.25, 0.3) is 212 Å². The molecule has 0 unspecified atom stereocenters. The Labute approximate surface area is 774 Å². The van der Waals surface area contributed by atoms with Crippen LogP contribution >= 0.6 is 0 Å².